The van der Waals surface area contributed by atoms with Gasteiger partial charge in [-0.3, -0.25) is 0 Å². The first kappa shape index (κ1) is 17.8. The number of carbonyl (C=O) groups excluding carboxylic acids is 1. The lowest BCUT2D eigenvalue weighted by molar-refractivity contribution is 0.0692. The highest BCUT2D eigenvalue weighted by atomic mass is 35.5. The van der Waals surface area contributed by atoms with E-state index in [0.717, 1.165) is 49.3 Å². The highest BCUT2D eigenvalue weighted by Gasteiger charge is 2.43. The van der Waals surface area contributed by atoms with Crippen LogP contribution in [-0.2, 0) is 5.54 Å². The van der Waals surface area contributed by atoms with Crippen molar-refractivity contribution in [1.29, 1.82) is 0 Å². The van der Waals surface area contributed by atoms with E-state index in [1.54, 1.807) is 18.2 Å². The van der Waals surface area contributed by atoms with Crippen molar-refractivity contribution in [3.05, 3.63) is 52.3 Å². The van der Waals surface area contributed by atoms with E-state index in [1.165, 1.54) is 6.07 Å². The van der Waals surface area contributed by atoms with Crippen molar-refractivity contribution in [3.8, 4) is 11.1 Å². The first-order valence-corrected chi connectivity index (χ1v) is 9.24. The van der Waals surface area contributed by atoms with Gasteiger partial charge in [0.1, 0.15) is 5.82 Å². The molecule has 2 aromatic carbocycles. The van der Waals surface area contributed by atoms with Crippen LogP contribution in [0, 0.1) is 5.82 Å². The second-order valence-corrected chi connectivity index (χ2v) is 7.47. The number of urea groups is 1. The van der Waals surface area contributed by atoms with Crippen molar-refractivity contribution >= 4 is 29.3 Å². The molecule has 0 atom stereocenters. The number of carbonyl (C=O) groups is 2. The van der Waals surface area contributed by atoms with Crippen molar-refractivity contribution in [2.45, 2.75) is 37.6 Å². The number of fused-ring (bicyclic) bond motifs is 2. The Labute approximate surface area is 160 Å². The highest BCUT2D eigenvalue weighted by Crippen LogP contribution is 2.49. The third-order valence-corrected chi connectivity index (χ3v) is 5.75. The third kappa shape index (κ3) is 2.94. The zero-order valence-electron chi connectivity index (χ0n) is 14.4. The minimum absolute atomic E-state index is 0.297. The number of benzene rings is 2. The number of hydrogen-bond donors (Lipinski definition) is 3. The van der Waals surface area contributed by atoms with Crippen LogP contribution in [0.1, 0.15) is 48.0 Å². The summed E-state index contributed by atoms with van der Waals surface area (Å²) in [5.41, 5.74) is 1.75. The van der Waals surface area contributed by atoms with Gasteiger partial charge in [-0.2, -0.15) is 0 Å². The van der Waals surface area contributed by atoms with E-state index in [1.807, 2.05) is 0 Å². The Kier molecular flexibility index (Phi) is 4.30. The summed E-state index contributed by atoms with van der Waals surface area (Å²) in [6.45, 7) is 0. The molecule has 3 N–H and O–H groups in total. The third-order valence-electron chi connectivity index (χ3n) is 5.44. The lowest BCUT2D eigenvalue weighted by Crippen LogP contribution is -2.53. The molecule has 0 radical (unpaired) electrons. The van der Waals surface area contributed by atoms with Crippen LogP contribution in [0.25, 0.3) is 11.1 Å². The summed E-state index contributed by atoms with van der Waals surface area (Å²) in [6.07, 6.45) is 4.57. The Morgan fingerprint density at radius 2 is 1.89 bits per heavy atom. The molecule has 1 saturated carbocycles. The molecule has 1 fully saturated rings. The summed E-state index contributed by atoms with van der Waals surface area (Å²) in [7, 11) is 0. The minimum Gasteiger partial charge on any atom is -0.478 e. The number of carboxylic acids is 1. The van der Waals surface area contributed by atoms with Crippen molar-refractivity contribution in [2.75, 3.05) is 5.32 Å². The average Bonchev–Trinajstić information content (AvgIpc) is 2.63. The van der Waals surface area contributed by atoms with E-state index in [-0.39, 0.29) is 11.6 Å². The first-order valence-electron chi connectivity index (χ1n) is 8.87. The van der Waals surface area contributed by atoms with E-state index < -0.39 is 17.3 Å². The predicted molar refractivity (Wildman–Crippen MR) is 101 cm³/mol. The summed E-state index contributed by atoms with van der Waals surface area (Å²) >= 11 is 6.38. The molecular formula is C20H18ClFN2O3. The molecule has 27 heavy (non-hydrogen) atoms. The Morgan fingerprint density at radius 3 is 2.59 bits per heavy atom. The molecule has 0 unspecified atom stereocenters. The van der Waals surface area contributed by atoms with Gasteiger partial charge >= 0.3 is 12.0 Å². The Morgan fingerprint density at radius 1 is 1.15 bits per heavy atom. The van der Waals surface area contributed by atoms with Crippen molar-refractivity contribution < 1.29 is 19.1 Å². The summed E-state index contributed by atoms with van der Waals surface area (Å²) in [4.78, 5) is 23.6. The molecule has 140 valence electrons. The second kappa shape index (κ2) is 6.53. The van der Waals surface area contributed by atoms with Crippen LogP contribution < -0.4 is 10.6 Å². The molecule has 1 aliphatic carbocycles. The molecule has 1 heterocycles. The van der Waals surface area contributed by atoms with Crippen LogP contribution >= 0.6 is 11.6 Å². The van der Waals surface area contributed by atoms with E-state index >= 15 is 0 Å². The van der Waals surface area contributed by atoms with Gasteiger partial charge in [0.05, 0.1) is 21.8 Å². The fourth-order valence-electron chi connectivity index (χ4n) is 4.25. The quantitative estimate of drug-likeness (QED) is 0.666. The minimum atomic E-state index is -1.32. The molecule has 2 aliphatic rings. The number of nitrogens with one attached hydrogen (secondary N) is 2. The van der Waals surface area contributed by atoms with E-state index in [2.05, 4.69) is 10.6 Å². The van der Waals surface area contributed by atoms with Crippen LogP contribution in [-0.4, -0.2) is 17.1 Å². The monoisotopic (exact) mass is 388 g/mol. The van der Waals surface area contributed by atoms with Crippen molar-refractivity contribution in [3.63, 3.8) is 0 Å². The van der Waals surface area contributed by atoms with Crippen molar-refractivity contribution in [1.82, 2.24) is 5.32 Å². The average molecular weight is 389 g/mol. The number of hydrogen-bond acceptors (Lipinski definition) is 2. The van der Waals surface area contributed by atoms with E-state index in [4.69, 9.17) is 11.6 Å². The van der Waals surface area contributed by atoms with Crippen LogP contribution in [0.15, 0.2) is 30.3 Å². The number of halogens is 2. The SMILES string of the molecule is O=C1Nc2c(Cl)ccc(-c3ccc(F)c(C(=O)O)c3)c2C2(CCCCC2)N1. The maximum absolute atomic E-state index is 13.9. The summed E-state index contributed by atoms with van der Waals surface area (Å²) < 4.78 is 13.9. The van der Waals surface area contributed by atoms with Crippen LogP contribution in [0.3, 0.4) is 0 Å². The molecule has 0 saturated heterocycles. The topological polar surface area (TPSA) is 78.4 Å². The van der Waals surface area contributed by atoms with Gasteiger partial charge in [-0.25, -0.2) is 14.0 Å². The first-order chi connectivity index (χ1) is 12.9. The highest BCUT2D eigenvalue weighted by molar-refractivity contribution is 6.34. The zero-order chi connectivity index (χ0) is 19.2. The Hall–Kier alpha value is -2.60. The molecule has 2 aromatic rings. The second-order valence-electron chi connectivity index (χ2n) is 7.07. The van der Waals surface area contributed by atoms with Gasteiger partial charge in [0, 0.05) is 5.56 Å². The summed E-state index contributed by atoms with van der Waals surface area (Å²) in [5, 5.41) is 15.6. The van der Waals surface area contributed by atoms with E-state index in [9.17, 15) is 19.1 Å². The lowest BCUT2D eigenvalue weighted by Gasteiger charge is -2.44. The Bertz CT molecular complexity index is 954. The Balaban J connectivity index is 1.97. The fourth-order valence-corrected chi connectivity index (χ4v) is 4.45. The van der Waals surface area contributed by atoms with Crippen molar-refractivity contribution in [2.24, 2.45) is 0 Å². The standard InChI is InChI=1S/C20H18ClFN2O3/c21-14-6-5-12(11-4-7-15(22)13(10-11)18(25)26)16-17(14)23-19(27)24-20(16)8-2-1-3-9-20/h4-7,10H,1-3,8-9H2,(H,25,26)(H2,23,24,27). The van der Waals surface area contributed by atoms with E-state index in [0.29, 0.717) is 16.3 Å². The van der Waals surface area contributed by atoms with Gasteiger partial charge in [-0.1, -0.05) is 43.0 Å². The number of anilines is 1. The molecular weight excluding hydrogens is 371 g/mol. The fraction of sp³-hybridized carbons (Fsp3) is 0.300. The number of rotatable bonds is 2. The largest absolute Gasteiger partial charge is 0.478 e. The summed E-state index contributed by atoms with van der Waals surface area (Å²) in [6, 6.07) is 7.21. The van der Waals surface area contributed by atoms with Crippen LogP contribution in [0.2, 0.25) is 5.02 Å². The number of aromatic carboxylic acids is 1. The smallest absolute Gasteiger partial charge is 0.338 e. The molecule has 0 aromatic heterocycles. The lowest BCUT2D eigenvalue weighted by atomic mass is 9.72. The molecule has 5 nitrogen and oxygen atoms in total. The van der Waals surface area contributed by atoms with Gasteiger partial charge in [0.2, 0.25) is 0 Å². The molecule has 2 amide bonds. The molecule has 7 heteroatoms. The van der Waals surface area contributed by atoms with Crippen LogP contribution in [0.4, 0.5) is 14.9 Å². The maximum atomic E-state index is 13.9. The van der Waals surface area contributed by atoms with Gasteiger partial charge in [-0.05, 0) is 42.2 Å². The maximum Gasteiger partial charge on any atom is 0.338 e. The molecule has 1 spiro atoms. The number of amides is 2. The van der Waals surface area contributed by atoms with Gasteiger partial charge in [0.15, 0.2) is 0 Å². The summed E-state index contributed by atoms with van der Waals surface area (Å²) in [5.74, 6) is -2.11. The normalized spacial score (nSPS) is 17.8. The van der Waals surface area contributed by atoms with Crippen LogP contribution in [0.5, 0.6) is 0 Å². The molecule has 1 aliphatic heterocycles. The van der Waals surface area contributed by atoms with Gasteiger partial charge < -0.3 is 15.7 Å². The van der Waals surface area contributed by atoms with Gasteiger partial charge in [-0.15, -0.1) is 0 Å². The molecule has 4 rings (SSSR count). The van der Waals surface area contributed by atoms with Gasteiger partial charge in [0.25, 0.3) is 0 Å². The number of carboxylic acid groups (broad SMARTS) is 1. The zero-order valence-corrected chi connectivity index (χ0v) is 15.2. The predicted octanol–water partition coefficient (Wildman–Crippen LogP) is 5.14. The molecule has 0 bridgehead atoms.